The SMILES string of the molecule is C=CCOC[C@H](NC(c1ccccc1)(c1ccccc1)c1ccccc1)[C@@H](O)c1ncco1. The molecule has 4 rings (SSSR count). The molecule has 2 atom stereocenters. The van der Waals surface area contributed by atoms with Crippen LogP contribution in [0.25, 0.3) is 0 Å². The highest BCUT2D eigenvalue weighted by Crippen LogP contribution is 2.38. The number of ether oxygens (including phenoxy) is 1. The number of aliphatic hydroxyl groups is 1. The Bertz CT molecular complexity index is 1000. The first-order valence-electron chi connectivity index (χ1n) is 11.0. The molecule has 0 unspecified atom stereocenters. The van der Waals surface area contributed by atoms with Gasteiger partial charge in [0.2, 0.25) is 5.89 Å². The number of rotatable bonds is 11. The fraction of sp³-hybridized carbons (Fsp3) is 0.179. The Balaban J connectivity index is 1.88. The number of oxazole rings is 1. The van der Waals surface area contributed by atoms with Crippen LogP contribution in [0, 0.1) is 0 Å². The summed E-state index contributed by atoms with van der Waals surface area (Å²) < 4.78 is 11.2. The zero-order valence-electron chi connectivity index (χ0n) is 18.4. The van der Waals surface area contributed by atoms with Gasteiger partial charge in [0.15, 0.2) is 0 Å². The van der Waals surface area contributed by atoms with E-state index >= 15 is 0 Å². The number of benzene rings is 3. The standard InChI is InChI=1S/C28H28N2O3/c1-2-19-32-21-25(26(31)27-29-18-20-33-27)30-28(22-12-6-3-7-13-22,23-14-8-4-9-15-23)24-16-10-5-11-17-24/h2-18,20,25-26,30-31H,1,19,21H2/t25-,26+/m0/s1. The second-order valence-electron chi connectivity index (χ2n) is 7.74. The summed E-state index contributed by atoms with van der Waals surface area (Å²) in [5.41, 5.74) is 2.35. The normalized spacial score (nSPS) is 13.4. The Hall–Kier alpha value is -3.51. The minimum Gasteiger partial charge on any atom is -0.446 e. The maximum atomic E-state index is 11.2. The molecule has 0 spiro atoms. The third kappa shape index (κ3) is 4.96. The van der Waals surface area contributed by atoms with E-state index in [1.54, 1.807) is 6.08 Å². The molecule has 0 amide bonds. The number of hydrogen-bond acceptors (Lipinski definition) is 5. The van der Waals surface area contributed by atoms with E-state index in [4.69, 9.17) is 9.15 Å². The topological polar surface area (TPSA) is 67.5 Å². The van der Waals surface area contributed by atoms with E-state index < -0.39 is 17.7 Å². The maximum absolute atomic E-state index is 11.2. The minimum atomic E-state index is -1.03. The number of nitrogens with one attached hydrogen (secondary N) is 1. The van der Waals surface area contributed by atoms with Crippen molar-refractivity contribution in [2.75, 3.05) is 13.2 Å². The molecule has 0 fully saturated rings. The van der Waals surface area contributed by atoms with Crippen LogP contribution in [0.1, 0.15) is 28.7 Å². The van der Waals surface area contributed by atoms with Gasteiger partial charge in [0.25, 0.3) is 0 Å². The third-order valence-corrected chi connectivity index (χ3v) is 5.64. The van der Waals surface area contributed by atoms with Gasteiger partial charge in [0.05, 0.1) is 31.0 Å². The van der Waals surface area contributed by atoms with Gasteiger partial charge in [-0.1, -0.05) is 97.1 Å². The summed E-state index contributed by atoms with van der Waals surface area (Å²) in [5.74, 6) is 0.234. The number of aromatic nitrogens is 1. The number of aliphatic hydroxyl groups excluding tert-OH is 1. The number of nitrogens with zero attached hydrogens (tertiary/aromatic N) is 1. The highest BCUT2D eigenvalue weighted by atomic mass is 16.5. The zero-order valence-corrected chi connectivity index (χ0v) is 18.4. The van der Waals surface area contributed by atoms with Crippen molar-refractivity contribution in [3.05, 3.63) is 139 Å². The van der Waals surface area contributed by atoms with Gasteiger partial charge in [-0.25, -0.2) is 4.98 Å². The molecule has 5 nitrogen and oxygen atoms in total. The molecule has 1 aromatic heterocycles. The summed E-state index contributed by atoms with van der Waals surface area (Å²) in [6, 6.07) is 30.1. The minimum absolute atomic E-state index is 0.226. The van der Waals surface area contributed by atoms with Crippen molar-refractivity contribution in [3.8, 4) is 0 Å². The first-order valence-corrected chi connectivity index (χ1v) is 11.0. The highest BCUT2D eigenvalue weighted by molar-refractivity contribution is 5.49. The van der Waals surface area contributed by atoms with Crippen LogP contribution in [-0.2, 0) is 10.3 Å². The quantitative estimate of drug-likeness (QED) is 0.198. The van der Waals surface area contributed by atoms with Crippen LogP contribution in [-0.4, -0.2) is 29.3 Å². The van der Waals surface area contributed by atoms with Crippen LogP contribution in [0.2, 0.25) is 0 Å². The fourth-order valence-electron chi connectivity index (χ4n) is 4.14. The monoisotopic (exact) mass is 440 g/mol. The Morgan fingerprint density at radius 1 is 0.909 bits per heavy atom. The van der Waals surface area contributed by atoms with Gasteiger partial charge in [-0.15, -0.1) is 6.58 Å². The Kier molecular flexibility index (Phi) is 7.47. The molecule has 0 saturated heterocycles. The lowest BCUT2D eigenvalue weighted by molar-refractivity contribution is 0.0346. The van der Waals surface area contributed by atoms with E-state index in [0.29, 0.717) is 6.61 Å². The second kappa shape index (κ2) is 10.9. The van der Waals surface area contributed by atoms with Crippen molar-refractivity contribution < 1.29 is 14.3 Å². The first kappa shape index (κ1) is 22.7. The Morgan fingerprint density at radius 2 is 1.42 bits per heavy atom. The van der Waals surface area contributed by atoms with Crippen molar-refractivity contribution in [1.82, 2.24) is 10.3 Å². The van der Waals surface area contributed by atoms with Crippen molar-refractivity contribution in [3.63, 3.8) is 0 Å². The molecule has 33 heavy (non-hydrogen) atoms. The van der Waals surface area contributed by atoms with Crippen LogP contribution in [0.15, 0.2) is 121 Å². The van der Waals surface area contributed by atoms with Crippen LogP contribution >= 0.6 is 0 Å². The van der Waals surface area contributed by atoms with E-state index in [2.05, 4.69) is 53.3 Å². The molecule has 0 aliphatic carbocycles. The summed E-state index contributed by atoms with van der Waals surface area (Å²) in [7, 11) is 0. The Labute approximate surface area is 194 Å². The molecule has 2 N–H and O–H groups in total. The molecule has 1 heterocycles. The smallest absolute Gasteiger partial charge is 0.224 e. The highest BCUT2D eigenvalue weighted by Gasteiger charge is 2.40. The third-order valence-electron chi connectivity index (χ3n) is 5.64. The average Bonchev–Trinajstić information content (AvgIpc) is 3.43. The maximum Gasteiger partial charge on any atom is 0.224 e. The van der Waals surface area contributed by atoms with Gasteiger partial charge < -0.3 is 14.3 Å². The molecule has 0 aliphatic heterocycles. The lowest BCUT2D eigenvalue weighted by atomic mass is 9.76. The first-order chi connectivity index (χ1) is 16.3. The second-order valence-corrected chi connectivity index (χ2v) is 7.74. The lowest BCUT2D eigenvalue weighted by Gasteiger charge is -2.41. The van der Waals surface area contributed by atoms with Gasteiger partial charge >= 0.3 is 0 Å². The van der Waals surface area contributed by atoms with Crippen LogP contribution in [0.5, 0.6) is 0 Å². The molecule has 5 heteroatoms. The van der Waals surface area contributed by atoms with E-state index in [-0.39, 0.29) is 12.5 Å². The van der Waals surface area contributed by atoms with Crippen molar-refractivity contribution in [2.24, 2.45) is 0 Å². The van der Waals surface area contributed by atoms with E-state index in [0.717, 1.165) is 16.7 Å². The predicted octanol–water partition coefficient (Wildman–Crippen LogP) is 4.86. The number of hydrogen-bond donors (Lipinski definition) is 2. The van der Waals surface area contributed by atoms with Crippen molar-refractivity contribution in [2.45, 2.75) is 17.7 Å². The van der Waals surface area contributed by atoms with E-state index in [1.165, 1.54) is 12.5 Å². The Morgan fingerprint density at radius 3 is 1.85 bits per heavy atom. The van der Waals surface area contributed by atoms with Gasteiger partial charge in [0, 0.05) is 0 Å². The zero-order chi connectivity index (χ0) is 22.9. The molecular weight excluding hydrogens is 412 g/mol. The molecule has 4 aromatic rings. The van der Waals surface area contributed by atoms with Gasteiger partial charge in [-0.2, -0.15) is 0 Å². The largest absolute Gasteiger partial charge is 0.446 e. The van der Waals surface area contributed by atoms with E-state index in [1.807, 2.05) is 54.6 Å². The molecule has 3 aromatic carbocycles. The van der Waals surface area contributed by atoms with E-state index in [9.17, 15) is 5.11 Å². The molecule has 0 saturated carbocycles. The average molecular weight is 441 g/mol. The fourth-order valence-corrected chi connectivity index (χ4v) is 4.14. The van der Waals surface area contributed by atoms with Crippen LogP contribution < -0.4 is 5.32 Å². The van der Waals surface area contributed by atoms with Crippen molar-refractivity contribution in [1.29, 1.82) is 0 Å². The molecule has 0 radical (unpaired) electrons. The summed E-state index contributed by atoms with van der Waals surface area (Å²) >= 11 is 0. The van der Waals surface area contributed by atoms with Crippen molar-refractivity contribution >= 4 is 0 Å². The summed E-state index contributed by atoms with van der Waals surface area (Å²) in [6.07, 6.45) is 3.64. The molecule has 0 bridgehead atoms. The summed E-state index contributed by atoms with van der Waals surface area (Å²) in [5, 5.41) is 15.0. The van der Waals surface area contributed by atoms with Gasteiger partial charge in [0.1, 0.15) is 12.4 Å². The van der Waals surface area contributed by atoms with Gasteiger partial charge in [-0.05, 0) is 16.7 Å². The summed E-state index contributed by atoms with van der Waals surface area (Å²) in [6.45, 7) is 4.32. The summed E-state index contributed by atoms with van der Waals surface area (Å²) in [4.78, 5) is 4.18. The molecular formula is C28H28N2O3. The van der Waals surface area contributed by atoms with Crippen LogP contribution in [0.3, 0.4) is 0 Å². The van der Waals surface area contributed by atoms with Gasteiger partial charge in [-0.3, -0.25) is 5.32 Å². The predicted molar refractivity (Wildman–Crippen MR) is 129 cm³/mol. The lowest BCUT2D eigenvalue weighted by Crippen LogP contribution is -2.53. The molecule has 0 aliphatic rings. The van der Waals surface area contributed by atoms with Crippen LogP contribution in [0.4, 0.5) is 0 Å². The molecule has 168 valence electrons.